The van der Waals surface area contributed by atoms with Crippen molar-refractivity contribution in [3.8, 4) is 0 Å². The Morgan fingerprint density at radius 2 is 1.95 bits per heavy atom. The van der Waals surface area contributed by atoms with Crippen LogP contribution >= 0.6 is 15.9 Å². The molecule has 0 spiro atoms. The third-order valence-corrected chi connectivity index (χ3v) is 5.39. The summed E-state index contributed by atoms with van der Waals surface area (Å²) >= 11 is 3.34. The van der Waals surface area contributed by atoms with Crippen molar-refractivity contribution in [2.75, 3.05) is 26.7 Å². The predicted molar refractivity (Wildman–Crippen MR) is 88.0 cm³/mol. The Balaban J connectivity index is 1.61. The van der Waals surface area contributed by atoms with Crippen LogP contribution < -0.4 is 0 Å². The number of likely N-dealkylation sites (tertiary alicyclic amines) is 1. The maximum absolute atomic E-state index is 11.6. The number of unbranched alkanes of at least 4 members (excludes halogenated alkanes) is 2. The number of ketones is 1. The van der Waals surface area contributed by atoms with E-state index in [-0.39, 0.29) is 10.6 Å². The molecule has 0 amide bonds. The minimum Gasteiger partial charge on any atom is -0.326 e. The van der Waals surface area contributed by atoms with Crippen molar-refractivity contribution in [1.29, 1.82) is 0 Å². The van der Waals surface area contributed by atoms with Crippen molar-refractivity contribution in [3.63, 3.8) is 0 Å². The average Bonchev–Trinajstić information content (AvgIpc) is 2.43. The third kappa shape index (κ3) is 4.85. The minimum atomic E-state index is -0.102. The van der Waals surface area contributed by atoms with Crippen LogP contribution in [0.4, 0.5) is 0 Å². The summed E-state index contributed by atoms with van der Waals surface area (Å²) in [6, 6.07) is 0. The number of hydrogen-bond acceptors (Lipinski definition) is 1. The van der Waals surface area contributed by atoms with Gasteiger partial charge >= 0.3 is 0 Å². The Kier molecular flexibility index (Phi) is 6.03. The maximum Gasteiger partial charge on any atom is 0.173 e. The van der Waals surface area contributed by atoms with Gasteiger partial charge in [-0.25, -0.2) is 0 Å². The molecule has 1 unspecified atom stereocenters. The van der Waals surface area contributed by atoms with Gasteiger partial charge in [-0.2, -0.15) is 0 Å². The molecule has 2 nitrogen and oxygen atoms in total. The topological polar surface area (TPSA) is 17.1 Å². The monoisotopic (exact) mass is 340 g/mol. The molecule has 1 fully saturated rings. The molecule has 1 aliphatic heterocycles. The first-order valence-electron chi connectivity index (χ1n) is 7.99. The van der Waals surface area contributed by atoms with Gasteiger partial charge in [0.05, 0.1) is 31.5 Å². The van der Waals surface area contributed by atoms with Crippen LogP contribution in [-0.2, 0) is 4.79 Å². The van der Waals surface area contributed by atoms with Crippen LogP contribution in [0.3, 0.4) is 0 Å². The molecule has 2 aliphatic rings. The fourth-order valence-corrected chi connectivity index (χ4v) is 3.55. The molecular formula is C17H27BrNO+. The molecule has 0 aromatic heterocycles. The molecule has 0 aromatic rings. The minimum absolute atomic E-state index is 0.102. The predicted octanol–water partition coefficient (Wildman–Crippen LogP) is 4.01. The molecule has 1 heterocycles. The first kappa shape index (κ1) is 16.0. The van der Waals surface area contributed by atoms with E-state index in [2.05, 4.69) is 29.1 Å². The van der Waals surface area contributed by atoms with Crippen LogP contribution in [0.1, 0.15) is 44.9 Å². The zero-order chi connectivity index (χ0) is 14.4. The summed E-state index contributed by atoms with van der Waals surface area (Å²) in [6.45, 7) is 4.07. The molecule has 1 atom stereocenters. The third-order valence-electron chi connectivity index (χ3n) is 4.64. The second-order valence-electron chi connectivity index (χ2n) is 6.54. The summed E-state index contributed by atoms with van der Waals surface area (Å²) in [7, 11) is 2.42. The number of carbonyl (C=O) groups excluding carboxylic acids is 1. The van der Waals surface area contributed by atoms with Crippen molar-refractivity contribution < 1.29 is 9.28 Å². The molecule has 20 heavy (non-hydrogen) atoms. The highest BCUT2D eigenvalue weighted by atomic mass is 79.9. The average molecular weight is 341 g/mol. The van der Waals surface area contributed by atoms with E-state index in [0.717, 1.165) is 6.42 Å². The Morgan fingerprint density at radius 1 is 1.20 bits per heavy atom. The lowest BCUT2D eigenvalue weighted by molar-refractivity contribution is -0.914. The summed E-state index contributed by atoms with van der Waals surface area (Å²) < 4.78 is 1.28. The van der Waals surface area contributed by atoms with Crippen LogP contribution in [0.15, 0.2) is 23.8 Å². The Bertz CT molecular complexity index is 394. The summed E-state index contributed by atoms with van der Waals surface area (Å²) in [5.41, 5.74) is 1.20. The van der Waals surface area contributed by atoms with E-state index >= 15 is 0 Å². The largest absolute Gasteiger partial charge is 0.326 e. The molecule has 0 saturated carbocycles. The normalized spacial score (nSPS) is 25.6. The molecule has 2 rings (SSSR count). The fraction of sp³-hybridized carbons (Fsp3) is 0.706. The van der Waals surface area contributed by atoms with Gasteiger partial charge in [0, 0.05) is 0 Å². The smallest absolute Gasteiger partial charge is 0.173 e. The number of halogens is 1. The second kappa shape index (κ2) is 7.56. The van der Waals surface area contributed by atoms with E-state index < -0.39 is 0 Å². The van der Waals surface area contributed by atoms with E-state index in [9.17, 15) is 4.79 Å². The van der Waals surface area contributed by atoms with Crippen molar-refractivity contribution in [3.05, 3.63) is 23.8 Å². The summed E-state index contributed by atoms with van der Waals surface area (Å²) in [5, 5.41) is 0. The lowest BCUT2D eigenvalue weighted by Gasteiger charge is -2.37. The van der Waals surface area contributed by atoms with Gasteiger partial charge in [-0.15, -0.1) is 0 Å². The SMILES string of the molecule is C[N+]1(CCCCCC2=CC(=O)C(Br)C=C2)CCCCC1. The highest BCUT2D eigenvalue weighted by molar-refractivity contribution is 9.10. The molecule has 112 valence electrons. The second-order valence-corrected chi connectivity index (χ2v) is 7.53. The van der Waals surface area contributed by atoms with Gasteiger partial charge in [0.25, 0.3) is 0 Å². The summed E-state index contributed by atoms with van der Waals surface area (Å²) in [5.74, 6) is 0.189. The molecule has 0 aromatic carbocycles. The Hall–Kier alpha value is -0.410. The van der Waals surface area contributed by atoms with Crippen molar-refractivity contribution in [2.45, 2.75) is 49.8 Å². The van der Waals surface area contributed by atoms with E-state index in [1.165, 1.54) is 68.2 Å². The quantitative estimate of drug-likeness (QED) is 0.405. The van der Waals surface area contributed by atoms with Gasteiger partial charge in [0.2, 0.25) is 0 Å². The molecule has 1 saturated heterocycles. The number of quaternary nitrogens is 1. The van der Waals surface area contributed by atoms with Crippen LogP contribution in [0.2, 0.25) is 0 Å². The standard InChI is InChI=1S/C17H27BrNO/c1-19(12-6-3-7-13-19)11-5-2-4-8-15-9-10-16(18)17(20)14-15/h9-10,14,16H,2-8,11-13H2,1H3/q+1. The van der Waals surface area contributed by atoms with Crippen LogP contribution in [0, 0.1) is 0 Å². The lowest BCUT2D eigenvalue weighted by atomic mass is 10.00. The van der Waals surface area contributed by atoms with Gasteiger partial charge in [-0.05, 0) is 56.6 Å². The molecular weight excluding hydrogens is 314 g/mol. The Morgan fingerprint density at radius 3 is 2.65 bits per heavy atom. The van der Waals surface area contributed by atoms with Crippen LogP contribution in [0.25, 0.3) is 0 Å². The summed E-state index contributed by atoms with van der Waals surface area (Å²) in [6.07, 6.45) is 15.0. The first-order chi connectivity index (χ1) is 9.59. The summed E-state index contributed by atoms with van der Waals surface area (Å²) in [4.78, 5) is 11.5. The first-order valence-corrected chi connectivity index (χ1v) is 8.91. The van der Waals surface area contributed by atoms with E-state index in [0.29, 0.717) is 0 Å². The zero-order valence-corrected chi connectivity index (χ0v) is 14.2. The molecule has 0 bridgehead atoms. The molecule has 3 heteroatoms. The number of carbonyl (C=O) groups is 1. The highest BCUT2D eigenvalue weighted by Crippen LogP contribution is 2.20. The number of allylic oxidation sites excluding steroid dienone is 4. The van der Waals surface area contributed by atoms with Crippen LogP contribution in [-0.4, -0.2) is 41.8 Å². The van der Waals surface area contributed by atoms with E-state index in [1.54, 1.807) is 6.08 Å². The molecule has 1 aliphatic carbocycles. The maximum atomic E-state index is 11.6. The van der Waals surface area contributed by atoms with Crippen molar-refractivity contribution in [1.82, 2.24) is 0 Å². The van der Waals surface area contributed by atoms with Gasteiger partial charge in [0.15, 0.2) is 5.78 Å². The van der Waals surface area contributed by atoms with E-state index in [1.807, 2.05) is 6.08 Å². The van der Waals surface area contributed by atoms with Crippen LogP contribution in [0.5, 0.6) is 0 Å². The fourth-order valence-electron chi connectivity index (χ4n) is 3.27. The molecule has 0 radical (unpaired) electrons. The molecule has 0 N–H and O–H groups in total. The number of piperidine rings is 1. The number of hydrogen-bond donors (Lipinski definition) is 0. The van der Waals surface area contributed by atoms with Crippen molar-refractivity contribution in [2.24, 2.45) is 0 Å². The highest BCUT2D eigenvalue weighted by Gasteiger charge is 2.23. The Labute approximate surface area is 131 Å². The van der Waals surface area contributed by atoms with E-state index in [4.69, 9.17) is 0 Å². The number of rotatable bonds is 6. The van der Waals surface area contributed by atoms with Crippen molar-refractivity contribution >= 4 is 21.7 Å². The van der Waals surface area contributed by atoms with Gasteiger partial charge in [0.1, 0.15) is 0 Å². The van der Waals surface area contributed by atoms with Gasteiger partial charge in [-0.1, -0.05) is 28.1 Å². The van der Waals surface area contributed by atoms with Gasteiger partial charge in [-0.3, -0.25) is 4.79 Å². The van der Waals surface area contributed by atoms with Gasteiger partial charge < -0.3 is 4.48 Å². The lowest BCUT2D eigenvalue weighted by Crippen LogP contribution is -2.48. The number of alkyl halides is 1. The number of nitrogens with zero attached hydrogens (tertiary/aromatic N) is 1. The zero-order valence-electron chi connectivity index (χ0n) is 12.6.